The average molecular weight is 441 g/mol. The highest BCUT2D eigenvalue weighted by Gasteiger charge is 2.36. The number of ketones is 1. The minimum absolute atomic E-state index is 0.0565. The maximum absolute atomic E-state index is 13.2. The van der Waals surface area contributed by atoms with Crippen LogP contribution >= 0.6 is 0 Å². The molecule has 3 aromatic rings. The molecule has 1 aliphatic rings. The van der Waals surface area contributed by atoms with Gasteiger partial charge < -0.3 is 9.32 Å². The number of nitrogens with zero attached hydrogens (tertiary/aromatic N) is 1. The number of rotatable bonds is 6. The van der Waals surface area contributed by atoms with Crippen LogP contribution in [0, 0.1) is 5.82 Å². The van der Waals surface area contributed by atoms with E-state index in [1.165, 1.54) is 35.4 Å². The second kappa shape index (κ2) is 8.47. The molecule has 0 spiro atoms. The summed E-state index contributed by atoms with van der Waals surface area (Å²) < 4.78 is 43.8. The lowest BCUT2D eigenvalue weighted by Gasteiger charge is -2.18. The molecule has 2 aromatic carbocycles. The van der Waals surface area contributed by atoms with Gasteiger partial charge in [0.2, 0.25) is 0 Å². The minimum atomic E-state index is -3.50. The molecule has 8 heteroatoms. The summed E-state index contributed by atoms with van der Waals surface area (Å²) >= 11 is 0. The summed E-state index contributed by atoms with van der Waals surface area (Å²) in [7, 11) is -3.50. The number of hydrogen-bond acceptors (Lipinski definition) is 5. The van der Waals surface area contributed by atoms with Gasteiger partial charge in [0.25, 0.3) is 5.91 Å². The van der Waals surface area contributed by atoms with Gasteiger partial charge in [-0.3, -0.25) is 9.59 Å². The highest BCUT2D eigenvalue weighted by atomic mass is 32.2. The Hall–Kier alpha value is -3.26. The summed E-state index contributed by atoms with van der Waals surface area (Å²) in [6.45, 7) is 0.334. The molecule has 0 aliphatic carbocycles. The molecule has 1 saturated heterocycles. The molecule has 0 bridgehead atoms. The van der Waals surface area contributed by atoms with Gasteiger partial charge in [-0.05, 0) is 48.9 Å². The molecule has 1 aliphatic heterocycles. The van der Waals surface area contributed by atoms with Gasteiger partial charge in [-0.1, -0.05) is 18.2 Å². The zero-order chi connectivity index (χ0) is 22.0. The third-order valence-electron chi connectivity index (χ3n) is 5.37. The van der Waals surface area contributed by atoms with Crippen LogP contribution in [0.3, 0.4) is 0 Å². The van der Waals surface area contributed by atoms with Crippen molar-refractivity contribution in [2.24, 2.45) is 0 Å². The third kappa shape index (κ3) is 4.44. The third-order valence-corrected chi connectivity index (χ3v) is 7.46. The van der Waals surface area contributed by atoms with Crippen LogP contribution < -0.4 is 0 Å². The molecule has 1 fully saturated rings. The number of furan rings is 1. The lowest BCUT2D eigenvalue weighted by Crippen LogP contribution is -2.33. The van der Waals surface area contributed by atoms with E-state index in [0.717, 1.165) is 0 Å². The first-order chi connectivity index (χ1) is 14.8. The minimum Gasteiger partial charge on any atom is -0.468 e. The van der Waals surface area contributed by atoms with Gasteiger partial charge in [0.15, 0.2) is 15.6 Å². The molecule has 1 amide bonds. The number of hydrogen-bond donors (Lipinski definition) is 0. The molecular weight excluding hydrogens is 421 g/mol. The number of amides is 1. The van der Waals surface area contributed by atoms with Crippen LogP contribution in [-0.2, 0) is 15.6 Å². The van der Waals surface area contributed by atoms with Gasteiger partial charge in [0.05, 0.1) is 17.1 Å². The number of carbonyl (C=O) groups excluding carboxylic acids is 2. The van der Waals surface area contributed by atoms with Crippen LogP contribution in [0.4, 0.5) is 4.39 Å². The second-order valence-corrected chi connectivity index (χ2v) is 9.71. The van der Waals surface area contributed by atoms with E-state index in [1.807, 2.05) is 0 Å². The van der Waals surface area contributed by atoms with Crippen LogP contribution in [0.25, 0.3) is 0 Å². The SMILES string of the molecule is O=C(c1ccc(F)cc1)c1ccccc1C(=O)N1CC[C@@H](S(=O)(=O)Cc2ccco2)C1. The van der Waals surface area contributed by atoms with E-state index >= 15 is 0 Å². The highest BCUT2D eigenvalue weighted by Crippen LogP contribution is 2.24. The average Bonchev–Trinajstić information content (AvgIpc) is 3.45. The summed E-state index contributed by atoms with van der Waals surface area (Å²) in [4.78, 5) is 27.5. The second-order valence-electron chi connectivity index (χ2n) is 7.43. The molecule has 2 heterocycles. The van der Waals surface area contributed by atoms with Gasteiger partial charge in [0, 0.05) is 24.2 Å². The summed E-state index contributed by atoms with van der Waals surface area (Å²) in [5.41, 5.74) is 0.656. The van der Waals surface area contributed by atoms with Gasteiger partial charge in [-0.2, -0.15) is 0 Å². The first kappa shape index (κ1) is 21.0. The molecule has 4 rings (SSSR count). The van der Waals surface area contributed by atoms with Gasteiger partial charge in [-0.25, -0.2) is 12.8 Å². The van der Waals surface area contributed by atoms with E-state index in [9.17, 15) is 22.4 Å². The van der Waals surface area contributed by atoms with E-state index in [0.29, 0.717) is 12.2 Å². The van der Waals surface area contributed by atoms with E-state index in [1.54, 1.807) is 36.4 Å². The van der Waals surface area contributed by atoms with Crippen molar-refractivity contribution < 1.29 is 26.8 Å². The number of halogens is 1. The van der Waals surface area contributed by atoms with E-state index in [-0.39, 0.29) is 35.5 Å². The number of carbonyl (C=O) groups is 2. The Kier molecular flexibility index (Phi) is 5.73. The van der Waals surface area contributed by atoms with Crippen molar-refractivity contribution in [2.45, 2.75) is 17.4 Å². The van der Waals surface area contributed by atoms with E-state index in [4.69, 9.17) is 4.42 Å². The highest BCUT2D eigenvalue weighted by molar-refractivity contribution is 7.91. The number of likely N-dealkylation sites (tertiary alicyclic amines) is 1. The lowest BCUT2D eigenvalue weighted by molar-refractivity contribution is 0.0788. The Balaban J connectivity index is 1.53. The topological polar surface area (TPSA) is 84.7 Å². The monoisotopic (exact) mass is 441 g/mol. The molecule has 160 valence electrons. The van der Waals surface area contributed by atoms with Crippen LogP contribution in [0.2, 0.25) is 0 Å². The molecular formula is C23H20FNO5S. The van der Waals surface area contributed by atoms with Crippen molar-refractivity contribution in [2.75, 3.05) is 13.1 Å². The van der Waals surface area contributed by atoms with Crippen LogP contribution in [0.15, 0.2) is 71.3 Å². The molecule has 0 unspecified atom stereocenters. The smallest absolute Gasteiger partial charge is 0.254 e. The lowest BCUT2D eigenvalue weighted by atomic mass is 9.97. The summed E-state index contributed by atoms with van der Waals surface area (Å²) in [5.74, 6) is -1.11. The number of benzene rings is 2. The van der Waals surface area contributed by atoms with Crippen LogP contribution in [0.1, 0.15) is 38.5 Å². The van der Waals surface area contributed by atoms with Crippen molar-refractivity contribution >= 4 is 21.5 Å². The maximum atomic E-state index is 13.2. The molecule has 0 radical (unpaired) electrons. The first-order valence-corrected chi connectivity index (χ1v) is 11.5. The molecule has 1 aromatic heterocycles. The Morgan fingerprint density at radius 3 is 2.39 bits per heavy atom. The fraction of sp³-hybridized carbons (Fsp3) is 0.217. The predicted octanol–water partition coefficient (Wildman–Crippen LogP) is 3.48. The van der Waals surface area contributed by atoms with E-state index < -0.39 is 32.6 Å². The van der Waals surface area contributed by atoms with Gasteiger partial charge >= 0.3 is 0 Å². The molecule has 1 atom stereocenters. The van der Waals surface area contributed by atoms with Crippen LogP contribution in [-0.4, -0.2) is 43.3 Å². The largest absolute Gasteiger partial charge is 0.468 e. The van der Waals surface area contributed by atoms with E-state index in [2.05, 4.69) is 0 Å². The standard InChI is InChI=1S/C23H20FNO5S/c24-17-9-7-16(8-10-17)22(26)20-5-1-2-6-21(20)23(27)25-12-11-19(14-25)31(28,29)15-18-4-3-13-30-18/h1-10,13,19H,11-12,14-15H2/t19-/m1/s1. The predicted molar refractivity (Wildman–Crippen MR) is 112 cm³/mol. The summed E-state index contributed by atoms with van der Waals surface area (Å²) in [6, 6.07) is 14.7. The Morgan fingerprint density at radius 2 is 1.71 bits per heavy atom. The normalized spacial score (nSPS) is 16.4. The van der Waals surface area contributed by atoms with Crippen molar-refractivity contribution in [1.29, 1.82) is 0 Å². The fourth-order valence-corrected chi connectivity index (χ4v) is 5.38. The molecule has 6 nitrogen and oxygen atoms in total. The maximum Gasteiger partial charge on any atom is 0.254 e. The zero-order valence-corrected chi connectivity index (χ0v) is 17.3. The van der Waals surface area contributed by atoms with Crippen molar-refractivity contribution in [3.05, 3.63) is 95.2 Å². The quantitative estimate of drug-likeness (QED) is 0.547. The molecule has 0 saturated carbocycles. The van der Waals surface area contributed by atoms with Crippen molar-refractivity contribution in [3.8, 4) is 0 Å². The first-order valence-electron chi connectivity index (χ1n) is 9.77. The van der Waals surface area contributed by atoms with Crippen molar-refractivity contribution in [3.63, 3.8) is 0 Å². The zero-order valence-electron chi connectivity index (χ0n) is 16.5. The molecule has 31 heavy (non-hydrogen) atoms. The summed E-state index contributed by atoms with van der Waals surface area (Å²) in [6.07, 6.45) is 1.74. The fourth-order valence-electron chi connectivity index (χ4n) is 3.71. The Morgan fingerprint density at radius 1 is 1.00 bits per heavy atom. The number of sulfone groups is 1. The summed E-state index contributed by atoms with van der Waals surface area (Å²) in [5, 5.41) is -0.693. The van der Waals surface area contributed by atoms with Crippen LogP contribution in [0.5, 0.6) is 0 Å². The van der Waals surface area contributed by atoms with Crippen molar-refractivity contribution in [1.82, 2.24) is 4.90 Å². The van der Waals surface area contributed by atoms with Gasteiger partial charge in [0.1, 0.15) is 17.3 Å². The Bertz CT molecular complexity index is 1200. The van der Waals surface area contributed by atoms with Gasteiger partial charge in [-0.15, -0.1) is 0 Å². The Labute approximate surface area is 179 Å². The molecule has 0 N–H and O–H groups in total.